The molecule has 1 saturated heterocycles. The molecule has 1 atom stereocenters. The first kappa shape index (κ1) is 15.3. The van der Waals surface area contributed by atoms with Crippen LogP contribution >= 0.6 is 0 Å². The lowest BCUT2D eigenvalue weighted by atomic mass is 9.88. The van der Waals surface area contributed by atoms with E-state index in [-0.39, 0.29) is 5.56 Å². The molecule has 25 heavy (non-hydrogen) atoms. The molecule has 0 saturated carbocycles. The van der Waals surface area contributed by atoms with Gasteiger partial charge in [-0.2, -0.15) is 0 Å². The van der Waals surface area contributed by atoms with Gasteiger partial charge in [-0.3, -0.25) is 9.69 Å². The fraction of sp³-hybridized carbons (Fsp3) is 0.476. The fourth-order valence-electron chi connectivity index (χ4n) is 4.90. The molecule has 3 aliphatic rings. The number of hydrogen-bond donors (Lipinski definition) is 1. The quantitative estimate of drug-likeness (QED) is 0.778. The molecule has 2 aromatic rings. The van der Waals surface area contributed by atoms with Crippen LogP contribution in [0.2, 0.25) is 0 Å². The summed E-state index contributed by atoms with van der Waals surface area (Å²) in [6.07, 6.45) is 5.11. The number of benzene rings is 1. The summed E-state index contributed by atoms with van der Waals surface area (Å²) in [6.45, 7) is 2.19. The van der Waals surface area contributed by atoms with Crippen molar-refractivity contribution in [2.24, 2.45) is 0 Å². The molecule has 2 aliphatic carbocycles. The molecule has 1 N–H and O–H groups in total. The van der Waals surface area contributed by atoms with Crippen molar-refractivity contribution in [3.05, 3.63) is 56.4 Å². The van der Waals surface area contributed by atoms with Crippen LogP contribution in [-0.2, 0) is 25.8 Å². The number of likely N-dealkylation sites (tertiary alicyclic amines) is 1. The van der Waals surface area contributed by atoms with Gasteiger partial charge in [-0.05, 0) is 54.4 Å². The van der Waals surface area contributed by atoms with Crippen molar-refractivity contribution in [1.29, 1.82) is 0 Å². The van der Waals surface area contributed by atoms with Crippen molar-refractivity contribution in [3.63, 3.8) is 0 Å². The Kier molecular flexibility index (Phi) is 3.56. The van der Waals surface area contributed by atoms with Crippen LogP contribution in [0.25, 0.3) is 11.3 Å². The second-order valence-corrected chi connectivity index (χ2v) is 7.71. The Morgan fingerprint density at radius 1 is 1.12 bits per heavy atom. The van der Waals surface area contributed by atoms with Crippen molar-refractivity contribution in [2.45, 2.75) is 51.2 Å². The highest BCUT2D eigenvalue weighted by molar-refractivity contribution is 5.76. The zero-order valence-corrected chi connectivity index (χ0v) is 14.4. The normalized spacial score (nSPS) is 21.9. The number of nitrogens with one attached hydrogen (secondary N) is 1. The highest BCUT2D eigenvalue weighted by Gasteiger charge is 2.29. The molecule has 1 aromatic carbocycles. The van der Waals surface area contributed by atoms with Gasteiger partial charge in [0, 0.05) is 37.2 Å². The van der Waals surface area contributed by atoms with Gasteiger partial charge in [0.1, 0.15) is 6.17 Å². The number of rotatable bonds is 2. The third-order valence-electron chi connectivity index (χ3n) is 6.15. The van der Waals surface area contributed by atoms with Gasteiger partial charge in [-0.15, -0.1) is 0 Å². The van der Waals surface area contributed by atoms with Crippen LogP contribution in [0.4, 0.5) is 4.39 Å². The van der Waals surface area contributed by atoms with Gasteiger partial charge in [-0.1, -0.05) is 18.2 Å². The predicted molar refractivity (Wildman–Crippen MR) is 96.7 cm³/mol. The Bertz CT molecular complexity index is 901. The zero-order valence-electron chi connectivity index (χ0n) is 14.4. The fourth-order valence-corrected chi connectivity index (χ4v) is 4.90. The van der Waals surface area contributed by atoms with Gasteiger partial charge in [0.15, 0.2) is 0 Å². The van der Waals surface area contributed by atoms with Crippen molar-refractivity contribution >= 4 is 0 Å². The molecule has 0 bridgehead atoms. The Hall–Kier alpha value is -1.94. The lowest BCUT2D eigenvalue weighted by Crippen LogP contribution is -2.21. The van der Waals surface area contributed by atoms with E-state index in [1.54, 1.807) is 0 Å². The maximum absolute atomic E-state index is 13.5. The lowest BCUT2D eigenvalue weighted by Gasteiger charge is -2.18. The van der Waals surface area contributed by atoms with Crippen LogP contribution in [0.1, 0.15) is 47.1 Å². The second-order valence-electron chi connectivity index (χ2n) is 7.71. The van der Waals surface area contributed by atoms with E-state index in [1.807, 2.05) is 0 Å². The van der Waals surface area contributed by atoms with Crippen LogP contribution in [-0.4, -0.2) is 29.1 Å². The third kappa shape index (κ3) is 2.46. The summed E-state index contributed by atoms with van der Waals surface area (Å²) < 4.78 is 13.5. The van der Waals surface area contributed by atoms with E-state index >= 15 is 0 Å². The molecule has 1 aliphatic heterocycles. The van der Waals surface area contributed by atoms with Crippen molar-refractivity contribution in [1.82, 2.24) is 9.88 Å². The SMILES string of the molecule is O=c1[nH]c2c(c3c1CCCC3)Cc1c(CN3CC[C@H](F)C3)cccc1-2. The Morgan fingerprint density at radius 2 is 1.96 bits per heavy atom. The standard InChI is InChI=1S/C21H23FN2O/c22-14-8-9-24(12-14)11-13-4-3-7-16-18(13)10-19-15-5-1-2-6-17(15)21(25)23-20(16)19/h3-4,7,14H,1-2,5-6,8-12H2,(H,23,25)/t14-/m0/s1. The highest BCUT2D eigenvalue weighted by Crippen LogP contribution is 2.40. The number of hydrogen-bond acceptors (Lipinski definition) is 2. The first-order valence-electron chi connectivity index (χ1n) is 9.45. The molecule has 0 amide bonds. The summed E-state index contributed by atoms with van der Waals surface area (Å²) in [5.74, 6) is 0. The smallest absolute Gasteiger partial charge is 0.251 e. The van der Waals surface area contributed by atoms with E-state index < -0.39 is 6.17 Å². The van der Waals surface area contributed by atoms with Gasteiger partial charge in [0.25, 0.3) is 5.56 Å². The van der Waals surface area contributed by atoms with Crippen LogP contribution in [0, 0.1) is 0 Å². The number of H-pyrrole nitrogens is 1. The molecule has 1 fully saturated rings. The predicted octanol–water partition coefficient (Wildman–Crippen LogP) is 3.37. The summed E-state index contributed by atoms with van der Waals surface area (Å²) in [5.41, 5.74) is 8.58. The van der Waals surface area contributed by atoms with E-state index in [9.17, 15) is 9.18 Å². The van der Waals surface area contributed by atoms with Crippen LogP contribution in [0.3, 0.4) is 0 Å². The van der Waals surface area contributed by atoms with E-state index in [1.165, 1.54) is 34.2 Å². The first-order chi connectivity index (χ1) is 12.2. The maximum Gasteiger partial charge on any atom is 0.251 e. The minimum absolute atomic E-state index is 0.103. The summed E-state index contributed by atoms with van der Waals surface area (Å²) >= 11 is 0. The molecule has 2 heterocycles. The van der Waals surface area contributed by atoms with Crippen molar-refractivity contribution < 1.29 is 4.39 Å². The van der Waals surface area contributed by atoms with Crippen LogP contribution in [0.15, 0.2) is 23.0 Å². The van der Waals surface area contributed by atoms with Gasteiger partial charge in [-0.25, -0.2) is 4.39 Å². The minimum atomic E-state index is -0.683. The summed E-state index contributed by atoms with van der Waals surface area (Å²) in [6, 6.07) is 6.36. The molecule has 130 valence electrons. The Labute approximate surface area is 146 Å². The third-order valence-corrected chi connectivity index (χ3v) is 6.15. The van der Waals surface area contributed by atoms with Gasteiger partial charge < -0.3 is 4.98 Å². The highest BCUT2D eigenvalue weighted by atomic mass is 19.1. The van der Waals surface area contributed by atoms with E-state index in [2.05, 4.69) is 28.1 Å². The van der Waals surface area contributed by atoms with Gasteiger partial charge >= 0.3 is 0 Å². The molecule has 0 spiro atoms. The number of halogens is 1. The van der Waals surface area contributed by atoms with E-state index in [0.717, 1.165) is 50.0 Å². The monoisotopic (exact) mass is 338 g/mol. The number of alkyl halides is 1. The molecule has 0 radical (unpaired) electrons. The minimum Gasteiger partial charge on any atom is -0.321 e. The average molecular weight is 338 g/mol. The molecule has 4 heteroatoms. The molecule has 0 unspecified atom stereocenters. The van der Waals surface area contributed by atoms with Crippen LogP contribution < -0.4 is 5.56 Å². The Balaban J connectivity index is 1.56. The number of aromatic nitrogens is 1. The van der Waals surface area contributed by atoms with Crippen LogP contribution in [0.5, 0.6) is 0 Å². The maximum atomic E-state index is 13.5. The summed E-state index contributed by atoms with van der Waals surface area (Å²) in [4.78, 5) is 17.9. The zero-order chi connectivity index (χ0) is 17.0. The van der Waals surface area contributed by atoms with Crippen molar-refractivity contribution in [2.75, 3.05) is 13.1 Å². The number of aromatic amines is 1. The average Bonchev–Trinajstić information content (AvgIpc) is 3.20. The van der Waals surface area contributed by atoms with Gasteiger partial charge in [0.05, 0.1) is 5.69 Å². The largest absolute Gasteiger partial charge is 0.321 e. The second kappa shape index (κ2) is 5.80. The number of fused-ring (bicyclic) bond motifs is 5. The van der Waals surface area contributed by atoms with E-state index in [0.29, 0.717) is 13.0 Å². The molecular formula is C21H23FN2O. The molecule has 5 rings (SSSR count). The number of pyridine rings is 1. The van der Waals surface area contributed by atoms with Gasteiger partial charge in [0.2, 0.25) is 0 Å². The van der Waals surface area contributed by atoms with Crippen molar-refractivity contribution in [3.8, 4) is 11.3 Å². The molecular weight excluding hydrogens is 315 g/mol. The lowest BCUT2D eigenvalue weighted by molar-refractivity contribution is 0.282. The topological polar surface area (TPSA) is 36.1 Å². The molecule has 1 aromatic heterocycles. The Morgan fingerprint density at radius 3 is 2.76 bits per heavy atom. The molecule has 3 nitrogen and oxygen atoms in total. The first-order valence-corrected chi connectivity index (χ1v) is 9.45. The number of nitrogens with zero attached hydrogens (tertiary/aromatic N) is 1. The summed E-state index contributed by atoms with van der Waals surface area (Å²) in [5, 5.41) is 0. The van der Waals surface area contributed by atoms with E-state index in [4.69, 9.17) is 0 Å². The summed E-state index contributed by atoms with van der Waals surface area (Å²) in [7, 11) is 0.